The van der Waals surface area contributed by atoms with Gasteiger partial charge in [0.2, 0.25) is 5.43 Å². The lowest BCUT2D eigenvalue weighted by molar-refractivity contribution is 0.0988. The topological polar surface area (TPSA) is 47.3 Å². The van der Waals surface area contributed by atoms with Crippen molar-refractivity contribution < 1.29 is 13.6 Å². The number of hydrogen-bond acceptors (Lipinski definition) is 3. The van der Waals surface area contributed by atoms with Crippen molar-refractivity contribution in [2.45, 2.75) is 6.92 Å². The van der Waals surface area contributed by atoms with Crippen LogP contribution in [-0.4, -0.2) is 5.78 Å². The zero-order valence-electron chi connectivity index (χ0n) is 11.2. The SMILES string of the molecule is CC(=O)c1oc2cccc(F)c2c(=O)c1-c1ccccc1. The molecular formula is C17H11FO3. The van der Waals surface area contributed by atoms with E-state index in [1.165, 1.54) is 25.1 Å². The molecule has 0 saturated carbocycles. The van der Waals surface area contributed by atoms with E-state index in [0.717, 1.165) is 0 Å². The van der Waals surface area contributed by atoms with Crippen LogP contribution in [0.4, 0.5) is 4.39 Å². The Balaban J connectivity index is 2.50. The highest BCUT2D eigenvalue weighted by Crippen LogP contribution is 2.25. The molecule has 0 aliphatic heterocycles. The lowest BCUT2D eigenvalue weighted by Crippen LogP contribution is -2.12. The second-order valence-electron chi connectivity index (χ2n) is 4.67. The van der Waals surface area contributed by atoms with Crippen LogP contribution in [0.5, 0.6) is 0 Å². The van der Waals surface area contributed by atoms with Gasteiger partial charge in [-0.1, -0.05) is 36.4 Å². The average Bonchev–Trinajstić information content (AvgIpc) is 2.47. The fourth-order valence-electron chi connectivity index (χ4n) is 2.31. The van der Waals surface area contributed by atoms with Gasteiger partial charge in [-0.05, 0) is 17.7 Å². The van der Waals surface area contributed by atoms with Gasteiger partial charge in [0.1, 0.15) is 16.8 Å². The van der Waals surface area contributed by atoms with Crippen molar-refractivity contribution >= 4 is 16.8 Å². The standard InChI is InChI=1S/C17H11FO3/c1-10(19)17-14(11-6-3-2-4-7-11)16(20)15-12(18)8-5-9-13(15)21-17/h2-9H,1H3. The van der Waals surface area contributed by atoms with Crippen molar-refractivity contribution in [2.24, 2.45) is 0 Å². The molecule has 0 amide bonds. The van der Waals surface area contributed by atoms with Crippen LogP contribution in [0.15, 0.2) is 57.7 Å². The van der Waals surface area contributed by atoms with Gasteiger partial charge >= 0.3 is 0 Å². The van der Waals surface area contributed by atoms with Gasteiger partial charge in [0, 0.05) is 6.92 Å². The summed E-state index contributed by atoms with van der Waals surface area (Å²) in [6.45, 7) is 1.32. The van der Waals surface area contributed by atoms with Crippen molar-refractivity contribution in [1.82, 2.24) is 0 Å². The molecule has 0 aliphatic carbocycles. The molecule has 104 valence electrons. The Bertz CT molecular complexity index is 895. The Hall–Kier alpha value is -2.75. The maximum Gasteiger partial charge on any atom is 0.204 e. The van der Waals surface area contributed by atoms with E-state index < -0.39 is 11.2 Å². The van der Waals surface area contributed by atoms with E-state index in [1.807, 2.05) is 0 Å². The second-order valence-corrected chi connectivity index (χ2v) is 4.67. The third-order valence-corrected chi connectivity index (χ3v) is 3.25. The fraction of sp³-hybridized carbons (Fsp3) is 0.0588. The van der Waals surface area contributed by atoms with Crippen LogP contribution in [0.3, 0.4) is 0 Å². The number of halogens is 1. The van der Waals surface area contributed by atoms with E-state index in [0.29, 0.717) is 5.56 Å². The number of carbonyl (C=O) groups excluding carboxylic acids is 1. The molecule has 0 aliphatic rings. The van der Waals surface area contributed by atoms with E-state index in [9.17, 15) is 14.0 Å². The fourth-order valence-corrected chi connectivity index (χ4v) is 2.31. The predicted molar refractivity (Wildman–Crippen MR) is 77.9 cm³/mol. The third kappa shape index (κ3) is 2.14. The van der Waals surface area contributed by atoms with Gasteiger partial charge < -0.3 is 4.42 Å². The Morgan fingerprint density at radius 1 is 1.05 bits per heavy atom. The second kappa shape index (κ2) is 4.98. The molecule has 3 aromatic rings. The molecule has 0 saturated heterocycles. The first-order valence-electron chi connectivity index (χ1n) is 6.41. The van der Waals surface area contributed by atoms with Crippen LogP contribution < -0.4 is 5.43 Å². The van der Waals surface area contributed by atoms with Gasteiger partial charge in [0.15, 0.2) is 11.5 Å². The lowest BCUT2D eigenvalue weighted by atomic mass is 10.0. The van der Waals surface area contributed by atoms with Crippen LogP contribution in [0, 0.1) is 5.82 Å². The molecule has 0 radical (unpaired) electrons. The summed E-state index contributed by atoms with van der Waals surface area (Å²) in [6, 6.07) is 12.8. The van der Waals surface area contributed by atoms with Crippen LogP contribution in [0.1, 0.15) is 17.5 Å². The molecule has 4 heteroatoms. The van der Waals surface area contributed by atoms with Crippen molar-refractivity contribution in [3.05, 3.63) is 70.3 Å². The molecule has 1 aromatic heterocycles. The van der Waals surface area contributed by atoms with Crippen LogP contribution in [0.25, 0.3) is 22.1 Å². The van der Waals surface area contributed by atoms with E-state index >= 15 is 0 Å². The molecule has 1 heterocycles. The molecule has 3 nitrogen and oxygen atoms in total. The number of ketones is 1. The number of benzene rings is 2. The molecule has 3 rings (SSSR count). The maximum absolute atomic E-state index is 13.9. The normalized spacial score (nSPS) is 10.8. The third-order valence-electron chi connectivity index (χ3n) is 3.25. The summed E-state index contributed by atoms with van der Waals surface area (Å²) in [6.07, 6.45) is 0. The number of carbonyl (C=O) groups is 1. The first kappa shape index (κ1) is 13.2. The number of hydrogen-bond donors (Lipinski definition) is 0. The molecule has 21 heavy (non-hydrogen) atoms. The molecule has 2 aromatic carbocycles. The van der Waals surface area contributed by atoms with E-state index in [4.69, 9.17) is 4.42 Å². The van der Waals surface area contributed by atoms with Gasteiger partial charge in [-0.2, -0.15) is 0 Å². The minimum absolute atomic E-state index is 0.0516. The Labute approximate surface area is 119 Å². The van der Waals surface area contributed by atoms with Gasteiger partial charge in [-0.15, -0.1) is 0 Å². The Morgan fingerprint density at radius 3 is 2.43 bits per heavy atom. The van der Waals surface area contributed by atoms with Crippen LogP contribution >= 0.6 is 0 Å². The Morgan fingerprint density at radius 2 is 1.76 bits per heavy atom. The Kier molecular flexibility index (Phi) is 3.14. The highest BCUT2D eigenvalue weighted by molar-refractivity contribution is 6.00. The van der Waals surface area contributed by atoms with E-state index in [-0.39, 0.29) is 28.1 Å². The van der Waals surface area contributed by atoms with Gasteiger partial charge in [-0.3, -0.25) is 9.59 Å². The minimum atomic E-state index is -0.659. The molecule has 0 bridgehead atoms. The molecular weight excluding hydrogens is 271 g/mol. The molecule has 0 N–H and O–H groups in total. The van der Waals surface area contributed by atoms with E-state index in [1.54, 1.807) is 30.3 Å². The van der Waals surface area contributed by atoms with Crippen LogP contribution in [-0.2, 0) is 0 Å². The summed E-state index contributed by atoms with van der Waals surface area (Å²) in [5.74, 6) is -1.09. The highest BCUT2D eigenvalue weighted by atomic mass is 19.1. The summed E-state index contributed by atoms with van der Waals surface area (Å²) in [5, 5.41) is -0.138. The number of Topliss-reactive ketones (excluding diaryl/α,β-unsaturated/α-hetero) is 1. The van der Waals surface area contributed by atoms with Gasteiger partial charge in [0.25, 0.3) is 0 Å². The first-order valence-corrected chi connectivity index (χ1v) is 6.41. The van der Waals surface area contributed by atoms with Gasteiger partial charge in [0.05, 0.1) is 5.56 Å². The zero-order chi connectivity index (χ0) is 15.0. The highest BCUT2D eigenvalue weighted by Gasteiger charge is 2.20. The van der Waals surface area contributed by atoms with Crippen LogP contribution in [0.2, 0.25) is 0 Å². The predicted octanol–water partition coefficient (Wildman–Crippen LogP) is 3.80. The average molecular weight is 282 g/mol. The molecule has 0 spiro atoms. The van der Waals surface area contributed by atoms with Crippen molar-refractivity contribution in [2.75, 3.05) is 0 Å². The summed E-state index contributed by atoms with van der Waals surface area (Å²) < 4.78 is 19.4. The summed E-state index contributed by atoms with van der Waals surface area (Å²) in [7, 11) is 0. The number of fused-ring (bicyclic) bond motifs is 1. The largest absolute Gasteiger partial charge is 0.452 e. The molecule has 0 fully saturated rings. The lowest BCUT2D eigenvalue weighted by Gasteiger charge is -2.08. The van der Waals surface area contributed by atoms with E-state index in [2.05, 4.69) is 0 Å². The molecule has 0 atom stereocenters. The monoisotopic (exact) mass is 282 g/mol. The summed E-state index contributed by atoms with van der Waals surface area (Å²) in [5.41, 5.74) is 0.165. The minimum Gasteiger partial charge on any atom is -0.452 e. The number of rotatable bonds is 2. The first-order chi connectivity index (χ1) is 10.1. The smallest absolute Gasteiger partial charge is 0.204 e. The van der Waals surface area contributed by atoms with Crippen molar-refractivity contribution in [3.63, 3.8) is 0 Å². The van der Waals surface area contributed by atoms with Gasteiger partial charge in [-0.25, -0.2) is 4.39 Å². The van der Waals surface area contributed by atoms with Crippen molar-refractivity contribution in [3.8, 4) is 11.1 Å². The quantitative estimate of drug-likeness (QED) is 0.672. The van der Waals surface area contributed by atoms with Crippen molar-refractivity contribution in [1.29, 1.82) is 0 Å². The molecule has 0 unspecified atom stereocenters. The summed E-state index contributed by atoms with van der Waals surface area (Å²) in [4.78, 5) is 24.4. The zero-order valence-corrected chi connectivity index (χ0v) is 11.2. The summed E-state index contributed by atoms with van der Waals surface area (Å²) >= 11 is 0. The maximum atomic E-state index is 13.9.